The monoisotopic (exact) mass is 428 g/mol. The number of aryl methyl sites for hydroxylation is 1. The van der Waals surface area contributed by atoms with E-state index in [1.54, 1.807) is 4.68 Å². The Morgan fingerprint density at radius 1 is 1.19 bits per heavy atom. The summed E-state index contributed by atoms with van der Waals surface area (Å²) in [5, 5.41) is 7.56. The van der Waals surface area contributed by atoms with Gasteiger partial charge in [-0.2, -0.15) is 5.10 Å². The smallest absolute Gasteiger partial charge is 0.244 e. The Kier molecular flexibility index (Phi) is 11.1. The summed E-state index contributed by atoms with van der Waals surface area (Å²) < 4.78 is 2.66. The van der Waals surface area contributed by atoms with Crippen molar-refractivity contribution in [3.05, 3.63) is 16.4 Å². The Morgan fingerprint density at radius 2 is 1.77 bits per heavy atom. The van der Waals surface area contributed by atoms with Crippen LogP contribution in [-0.2, 0) is 4.79 Å². The van der Waals surface area contributed by atoms with Crippen molar-refractivity contribution in [2.75, 3.05) is 19.6 Å². The highest BCUT2D eigenvalue weighted by molar-refractivity contribution is 9.10. The normalized spacial score (nSPS) is 13.8. The number of unbranched alkanes of at least 4 members (excludes halogenated alkanes) is 4. The Balaban J connectivity index is 2.52. The lowest BCUT2D eigenvalue weighted by Gasteiger charge is -2.27. The zero-order valence-electron chi connectivity index (χ0n) is 17.2. The Hall–Kier alpha value is -0.880. The second-order valence-corrected chi connectivity index (χ2v) is 8.20. The van der Waals surface area contributed by atoms with E-state index in [0.29, 0.717) is 0 Å². The van der Waals surface area contributed by atoms with E-state index in [4.69, 9.17) is 0 Å². The minimum absolute atomic E-state index is 0.0227. The number of hydrogen-bond donors (Lipinski definition) is 1. The number of nitrogens with one attached hydrogen (secondary N) is 1. The molecule has 0 saturated carbocycles. The summed E-state index contributed by atoms with van der Waals surface area (Å²) in [6.45, 7) is 13.5. The van der Waals surface area contributed by atoms with Gasteiger partial charge in [-0.05, 0) is 62.6 Å². The third kappa shape index (κ3) is 8.21. The van der Waals surface area contributed by atoms with Crippen LogP contribution in [0.3, 0.4) is 0 Å². The van der Waals surface area contributed by atoms with E-state index in [9.17, 15) is 4.79 Å². The number of amides is 1. The second kappa shape index (κ2) is 12.5. The first kappa shape index (κ1) is 23.2. The zero-order valence-corrected chi connectivity index (χ0v) is 18.8. The summed E-state index contributed by atoms with van der Waals surface area (Å²) in [5.41, 5.74) is 0.899. The first-order valence-corrected chi connectivity index (χ1v) is 10.9. The van der Waals surface area contributed by atoms with Crippen molar-refractivity contribution in [1.29, 1.82) is 0 Å². The van der Waals surface area contributed by atoms with Crippen molar-refractivity contribution < 1.29 is 4.79 Å². The van der Waals surface area contributed by atoms with E-state index in [2.05, 4.69) is 52.0 Å². The molecule has 0 aromatic carbocycles. The maximum atomic E-state index is 12.6. The molecule has 0 spiro atoms. The van der Waals surface area contributed by atoms with Gasteiger partial charge in [-0.1, -0.05) is 39.5 Å². The Morgan fingerprint density at radius 3 is 2.23 bits per heavy atom. The molecule has 2 atom stereocenters. The summed E-state index contributed by atoms with van der Waals surface area (Å²) >= 11 is 3.46. The SMILES string of the molecule is CCCCCN(CCCCC)C[C@@H](C)NC(=O)[C@@H](C)n1cc(Br)c(C)n1. The Bertz CT molecular complexity index is 502. The molecule has 0 fully saturated rings. The zero-order chi connectivity index (χ0) is 19.5. The van der Waals surface area contributed by atoms with Crippen molar-refractivity contribution in [2.24, 2.45) is 0 Å². The van der Waals surface area contributed by atoms with Gasteiger partial charge in [0.2, 0.25) is 5.91 Å². The molecule has 0 unspecified atom stereocenters. The highest BCUT2D eigenvalue weighted by Gasteiger charge is 2.20. The molecule has 1 aromatic rings. The third-order valence-electron chi connectivity index (χ3n) is 4.71. The summed E-state index contributed by atoms with van der Waals surface area (Å²) in [7, 11) is 0. The van der Waals surface area contributed by atoms with Crippen molar-refractivity contribution in [2.45, 2.75) is 85.2 Å². The van der Waals surface area contributed by atoms with Gasteiger partial charge in [-0.3, -0.25) is 9.48 Å². The lowest BCUT2D eigenvalue weighted by Crippen LogP contribution is -2.44. The molecule has 6 heteroatoms. The molecule has 0 aliphatic rings. The number of nitrogens with zero attached hydrogens (tertiary/aromatic N) is 3. The van der Waals surface area contributed by atoms with Gasteiger partial charge < -0.3 is 10.2 Å². The molecule has 26 heavy (non-hydrogen) atoms. The molecule has 0 bridgehead atoms. The van der Waals surface area contributed by atoms with E-state index < -0.39 is 0 Å². The second-order valence-electron chi connectivity index (χ2n) is 7.34. The van der Waals surface area contributed by atoms with Crippen LogP contribution in [0.15, 0.2) is 10.7 Å². The minimum atomic E-state index is -0.309. The van der Waals surface area contributed by atoms with Crippen LogP contribution in [0, 0.1) is 6.92 Å². The van der Waals surface area contributed by atoms with Gasteiger partial charge in [0.05, 0.1) is 10.2 Å². The number of carbonyl (C=O) groups is 1. The van der Waals surface area contributed by atoms with Crippen molar-refractivity contribution in [3.63, 3.8) is 0 Å². The highest BCUT2D eigenvalue weighted by Crippen LogP contribution is 2.16. The topological polar surface area (TPSA) is 50.2 Å². The van der Waals surface area contributed by atoms with Gasteiger partial charge in [-0.15, -0.1) is 0 Å². The fourth-order valence-corrected chi connectivity index (χ4v) is 3.33. The molecule has 1 heterocycles. The molecule has 0 aliphatic heterocycles. The van der Waals surface area contributed by atoms with E-state index in [0.717, 1.165) is 29.8 Å². The molecule has 0 saturated heterocycles. The van der Waals surface area contributed by atoms with Crippen LogP contribution in [0.1, 0.15) is 78.0 Å². The maximum Gasteiger partial charge on any atom is 0.244 e. The third-order valence-corrected chi connectivity index (χ3v) is 5.49. The molecule has 150 valence electrons. The summed E-state index contributed by atoms with van der Waals surface area (Å²) in [5.74, 6) is 0.0227. The van der Waals surface area contributed by atoms with Gasteiger partial charge in [0, 0.05) is 18.8 Å². The molecule has 1 N–H and O–H groups in total. The molecule has 0 radical (unpaired) electrons. The van der Waals surface area contributed by atoms with E-state index in [1.807, 2.05) is 20.0 Å². The predicted octanol–water partition coefficient (Wildman–Crippen LogP) is 4.70. The molecule has 5 nitrogen and oxygen atoms in total. The van der Waals surface area contributed by atoms with Crippen LogP contribution in [0.4, 0.5) is 0 Å². The van der Waals surface area contributed by atoms with Crippen LogP contribution in [0.5, 0.6) is 0 Å². The minimum Gasteiger partial charge on any atom is -0.351 e. The van der Waals surface area contributed by atoms with Crippen LogP contribution in [-0.4, -0.2) is 46.3 Å². The fourth-order valence-electron chi connectivity index (χ4n) is 3.04. The fraction of sp³-hybridized carbons (Fsp3) is 0.800. The molecule has 1 amide bonds. The van der Waals surface area contributed by atoms with E-state index in [-0.39, 0.29) is 18.0 Å². The standard InChI is InChI=1S/C20H37BrN4O/c1-6-8-10-12-24(13-11-9-7-2)14-16(3)22-20(26)18(5)25-15-19(21)17(4)23-25/h15-16,18H,6-14H2,1-5H3,(H,22,26)/t16-,18-/m1/s1. The van der Waals surface area contributed by atoms with Crippen LogP contribution in [0.25, 0.3) is 0 Å². The highest BCUT2D eigenvalue weighted by atomic mass is 79.9. The van der Waals surface area contributed by atoms with Crippen molar-refractivity contribution >= 4 is 21.8 Å². The number of halogens is 1. The van der Waals surface area contributed by atoms with Gasteiger partial charge in [0.1, 0.15) is 6.04 Å². The number of carbonyl (C=O) groups excluding carboxylic acids is 1. The number of rotatable bonds is 13. The van der Waals surface area contributed by atoms with Gasteiger partial charge in [-0.25, -0.2) is 0 Å². The van der Waals surface area contributed by atoms with Gasteiger partial charge >= 0.3 is 0 Å². The van der Waals surface area contributed by atoms with Gasteiger partial charge in [0.15, 0.2) is 0 Å². The number of aromatic nitrogens is 2. The molecular formula is C20H37BrN4O. The van der Waals surface area contributed by atoms with Crippen LogP contribution in [0.2, 0.25) is 0 Å². The van der Waals surface area contributed by atoms with Crippen molar-refractivity contribution in [3.8, 4) is 0 Å². The lowest BCUT2D eigenvalue weighted by atomic mass is 10.2. The first-order chi connectivity index (χ1) is 12.4. The first-order valence-electron chi connectivity index (χ1n) is 10.1. The number of hydrogen-bond acceptors (Lipinski definition) is 3. The van der Waals surface area contributed by atoms with Gasteiger partial charge in [0.25, 0.3) is 0 Å². The average Bonchev–Trinajstić information content (AvgIpc) is 2.93. The summed E-state index contributed by atoms with van der Waals surface area (Å²) in [4.78, 5) is 15.1. The van der Waals surface area contributed by atoms with E-state index >= 15 is 0 Å². The molecule has 1 aromatic heterocycles. The predicted molar refractivity (Wildman–Crippen MR) is 112 cm³/mol. The average molecular weight is 429 g/mol. The quantitative estimate of drug-likeness (QED) is 0.463. The maximum absolute atomic E-state index is 12.6. The molecule has 0 aliphatic carbocycles. The van der Waals surface area contributed by atoms with E-state index in [1.165, 1.54) is 38.5 Å². The largest absolute Gasteiger partial charge is 0.351 e. The summed E-state index contributed by atoms with van der Waals surface area (Å²) in [6, 6.07) is -0.176. The molecular weight excluding hydrogens is 392 g/mol. The van der Waals surface area contributed by atoms with Crippen molar-refractivity contribution in [1.82, 2.24) is 20.0 Å². The molecule has 1 rings (SSSR count). The van der Waals surface area contributed by atoms with Crippen LogP contribution < -0.4 is 5.32 Å². The summed E-state index contributed by atoms with van der Waals surface area (Å²) in [6.07, 6.45) is 9.37. The Labute approximate surface area is 168 Å². The lowest BCUT2D eigenvalue weighted by molar-refractivity contribution is -0.124. The van der Waals surface area contributed by atoms with Crippen LogP contribution >= 0.6 is 15.9 Å².